The molecule has 0 radical (unpaired) electrons. The van der Waals surface area contributed by atoms with Crippen LogP contribution in [0.1, 0.15) is 34.5 Å². The van der Waals surface area contributed by atoms with E-state index in [0.717, 1.165) is 25.1 Å². The van der Waals surface area contributed by atoms with Crippen LogP contribution < -0.4 is 5.32 Å². The Morgan fingerprint density at radius 1 is 1.11 bits per heavy atom. The lowest BCUT2D eigenvalue weighted by Crippen LogP contribution is -2.09. The van der Waals surface area contributed by atoms with Crippen molar-refractivity contribution in [2.45, 2.75) is 25.4 Å². The SMILES string of the molecule is C=C(Cc1ccc(-c2cnc3[nH]cc(C(=O)C4CC4)c3c2)cc1F)Nc1ccnc(C(F)(F)F)c1. The summed E-state index contributed by atoms with van der Waals surface area (Å²) in [5.41, 5.74) is 2.25. The maximum absolute atomic E-state index is 14.9. The molecule has 1 aliphatic carbocycles. The number of aromatic nitrogens is 3. The number of nitrogens with one attached hydrogen (secondary N) is 2. The van der Waals surface area contributed by atoms with Crippen molar-refractivity contribution in [2.24, 2.45) is 5.92 Å². The first-order valence-electron chi connectivity index (χ1n) is 11.0. The number of hydrogen-bond donors (Lipinski definition) is 2. The number of anilines is 1. The maximum atomic E-state index is 14.9. The third-order valence-electron chi connectivity index (χ3n) is 5.91. The smallest absolute Gasteiger partial charge is 0.359 e. The van der Waals surface area contributed by atoms with E-state index < -0.39 is 17.7 Å². The summed E-state index contributed by atoms with van der Waals surface area (Å²) in [7, 11) is 0. The molecule has 0 spiro atoms. The lowest BCUT2D eigenvalue weighted by molar-refractivity contribution is -0.141. The number of fused-ring (bicyclic) bond motifs is 1. The fraction of sp³-hybridized carbons (Fsp3) is 0.192. The third-order valence-corrected chi connectivity index (χ3v) is 5.91. The van der Waals surface area contributed by atoms with Gasteiger partial charge in [-0.05, 0) is 48.2 Å². The van der Waals surface area contributed by atoms with E-state index in [-0.39, 0.29) is 23.8 Å². The van der Waals surface area contributed by atoms with E-state index in [4.69, 9.17) is 0 Å². The minimum Gasteiger partial charge on any atom is -0.359 e. The highest BCUT2D eigenvalue weighted by atomic mass is 19.4. The molecule has 3 aromatic heterocycles. The Morgan fingerprint density at radius 2 is 1.91 bits per heavy atom. The maximum Gasteiger partial charge on any atom is 0.433 e. The largest absolute Gasteiger partial charge is 0.433 e. The second-order valence-electron chi connectivity index (χ2n) is 8.60. The molecule has 5 nitrogen and oxygen atoms in total. The number of Topliss-reactive ketones (excluding diaryl/α,β-unsaturated/α-hetero) is 1. The van der Waals surface area contributed by atoms with Crippen molar-refractivity contribution in [1.29, 1.82) is 0 Å². The molecule has 0 bridgehead atoms. The first-order chi connectivity index (χ1) is 16.7. The number of benzene rings is 1. The lowest BCUT2D eigenvalue weighted by Gasteiger charge is -2.13. The molecule has 4 aromatic rings. The van der Waals surface area contributed by atoms with Crippen LogP contribution in [-0.2, 0) is 12.6 Å². The summed E-state index contributed by atoms with van der Waals surface area (Å²) in [6.45, 7) is 3.81. The van der Waals surface area contributed by atoms with E-state index in [9.17, 15) is 22.4 Å². The Labute approximate surface area is 197 Å². The number of carbonyl (C=O) groups excluding carboxylic acids is 1. The molecular weight excluding hydrogens is 460 g/mol. The molecule has 0 aliphatic heterocycles. The monoisotopic (exact) mass is 480 g/mol. The molecule has 35 heavy (non-hydrogen) atoms. The molecule has 0 amide bonds. The number of allylic oxidation sites excluding steroid dienone is 1. The molecule has 1 saturated carbocycles. The highest BCUT2D eigenvalue weighted by molar-refractivity contribution is 6.09. The number of alkyl halides is 3. The molecule has 1 aliphatic rings. The average Bonchev–Trinajstić information content (AvgIpc) is 3.58. The first-order valence-corrected chi connectivity index (χ1v) is 11.0. The predicted octanol–water partition coefficient (Wildman–Crippen LogP) is 6.54. The van der Waals surface area contributed by atoms with Crippen molar-refractivity contribution in [3.63, 3.8) is 0 Å². The van der Waals surface area contributed by atoms with Crippen LogP contribution in [0.25, 0.3) is 22.2 Å². The predicted molar refractivity (Wildman–Crippen MR) is 124 cm³/mol. The van der Waals surface area contributed by atoms with Gasteiger partial charge in [0, 0.05) is 58.8 Å². The number of H-pyrrole nitrogens is 1. The van der Waals surface area contributed by atoms with Gasteiger partial charge in [-0.2, -0.15) is 13.2 Å². The van der Waals surface area contributed by atoms with E-state index in [1.54, 1.807) is 24.5 Å². The van der Waals surface area contributed by atoms with Crippen LogP contribution in [0.4, 0.5) is 23.2 Å². The van der Waals surface area contributed by atoms with Gasteiger partial charge in [0.25, 0.3) is 0 Å². The number of hydrogen-bond acceptors (Lipinski definition) is 4. The molecule has 0 unspecified atom stereocenters. The summed E-state index contributed by atoms with van der Waals surface area (Å²) in [5, 5.41) is 3.48. The number of nitrogens with zero attached hydrogens (tertiary/aromatic N) is 2. The summed E-state index contributed by atoms with van der Waals surface area (Å²) in [6.07, 6.45) is 1.64. The summed E-state index contributed by atoms with van der Waals surface area (Å²) in [6, 6.07) is 8.78. The van der Waals surface area contributed by atoms with Crippen LogP contribution >= 0.6 is 0 Å². The quantitative estimate of drug-likeness (QED) is 0.233. The Balaban J connectivity index is 1.33. The molecular formula is C26H20F4N4O. The normalized spacial score (nSPS) is 13.7. The number of aromatic amines is 1. The van der Waals surface area contributed by atoms with Crippen LogP contribution in [-0.4, -0.2) is 20.7 Å². The van der Waals surface area contributed by atoms with Gasteiger partial charge in [-0.3, -0.25) is 9.78 Å². The standard InChI is InChI=1S/C26H20F4N4O/c1-14(34-19-6-7-31-23(11-19)26(28,29)30)8-17-5-4-16(10-22(17)27)18-9-20-21(24(35)15-2-3-15)13-33-25(20)32-12-18/h4-7,9-13,15H,1-3,8H2,(H,31,34)(H,32,33). The van der Waals surface area contributed by atoms with Crippen molar-refractivity contribution in [1.82, 2.24) is 15.0 Å². The van der Waals surface area contributed by atoms with Crippen LogP contribution in [0.5, 0.6) is 0 Å². The number of halogens is 4. The van der Waals surface area contributed by atoms with Crippen molar-refractivity contribution < 1.29 is 22.4 Å². The van der Waals surface area contributed by atoms with E-state index >= 15 is 0 Å². The summed E-state index contributed by atoms with van der Waals surface area (Å²) >= 11 is 0. The molecule has 1 fully saturated rings. The van der Waals surface area contributed by atoms with Crippen molar-refractivity contribution in [2.75, 3.05) is 5.32 Å². The molecule has 178 valence electrons. The molecule has 0 atom stereocenters. The minimum atomic E-state index is -4.56. The van der Waals surface area contributed by atoms with Gasteiger partial charge in [-0.15, -0.1) is 0 Å². The van der Waals surface area contributed by atoms with Crippen molar-refractivity contribution in [3.05, 3.63) is 89.9 Å². The van der Waals surface area contributed by atoms with Crippen LogP contribution in [0, 0.1) is 11.7 Å². The highest BCUT2D eigenvalue weighted by Gasteiger charge is 2.33. The number of rotatable bonds is 7. The summed E-state index contributed by atoms with van der Waals surface area (Å²) in [4.78, 5) is 23.3. The average molecular weight is 480 g/mol. The molecule has 2 N–H and O–H groups in total. The van der Waals surface area contributed by atoms with E-state index in [2.05, 4.69) is 26.8 Å². The van der Waals surface area contributed by atoms with Crippen LogP contribution in [0.2, 0.25) is 0 Å². The van der Waals surface area contributed by atoms with E-state index in [0.29, 0.717) is 39.0 Å². The molecule has 3 heterocycles. The molecule has 0 saturated heterocycles. The zero-order chi connectivity index (χ0) is 24.7. The van der Waals surface area contributed by atoms with Crippen LogP contribution in [0.15, 0.2) is 67.3 Å². The first kappa shape index (κ1) is 22.8. The number of pyridine rings is 2. The fourth-order valence-corrected chi connectivity index (χ4v) is 3.94. The van der Waals surface area contributed by atoms with Gasteiger partial charge >= 0.3 is 6.18 Å². The Kier molecular flexibility index (Phi) is 5.62. The van der Waals surface area contributed by atoms with Gasteiger partial charge in [-0.1, -0.05) is 18.7 Å². The minimum absolute atomic E-state index is 0.0725. The molecule has 1 aromatic carbocycles. The molecule has 9 heteroatoms. The van der Waals surface area contributed by atoms with Gasteiger partial charge in [-0.25, -0.2) is 9.37 Å². The van der Waals surface area contributed by atoms with Crippen LogP contribution in [0.3, 0.4) is 0 Å². The number of ketones is 1. The van der Waals surface area contributed by atoms with E-state index in [1.165, 1.54) is 12.1 Å². The Bertz CT molecular complexity index is 1450. The van der Waals surface area contributed by atoms with Gasteiger partial charge in [0.1, 0.15) is 17.2 Å². The Morgan fingerprint density at radius 3 is 2.63 bits per heavy atom. The third kappa shape index (κ3) is 4.80. The Hall–Kier alpha value is -4.01. The van der Waals surface area contributed by atoms with Gasteiger partial charge in [0.05, 0.1) is 0 Å². The zero-order valence-electron chi connectivity index (χ0n) is 18.4. The van der Waals surface area contributed by atoms with Gasteiger partial charge in [0.2, 0.25) is 0 Å². The summed E-state index contributed by atoms with van der Waals surface area (Å²) < 4.78 is 53.5. The van der Waals surface area contributed by atoms with Crippen molar-refractivity contribution in [3.8, 4) is 11.1 Å². The second kappa shape index (κ2) is 8.65. The van der Waals surface area contributed by atoms with Gasteiger partial charge in [0.15, 0.2) is 5.78 Å². The lowest BCUT2D eigenvalue weighted by atomic mass is 10.0. The molecule has 5 rings (SSSR count). The van der Waals surface area contributed by atoms with Gasteiger partial charge < -0.3 is 10.3 Å². The van der Waals surface area contributed by atoms with E-state index in [1.807, 2.05) is 6.07 Å². The van der Waals surface area contributed by atoms with Crippen molar-refractivity contribution >= 4 is 22.5 Å². The fourth-order valence-electron chi connectivity index (χ4n) is 3.94. The zero-order valence-corrected chi connectivity index (χ0v) is 18.4. The highest BCUT2D eigenvalue weighted by Crippen LogP contribution is 2.35. The topological polar surface area (TPSA) is 70.7 Å². The summed E-state index contributed by atoms with van der Waals surface area (Å²) in [5.74, 6) is -0.317. The number of carbonyl (C=O) groups is 1. The second-order valence-corrected chi connectivity index (χ2v) is 8.60.